The summed E-state index contributed by atoms with van der Waals surface area (Å²) >= 11 is 6.41. The number of nitrogens with zero attached hydrogens (tertiary/aromatic N) is 3. The van der Waals surface area contributed by atoms with E-state index >= 15 is 0 Å². The fourth-order valence-electron chi connectivity index (χ4n) is 5.19. The van der Waals surface area contributed by atoms with Crippen molar-refractivity contribution in [2.24, 2.45) is 5.92 Å². The van der Waals surface area contributed by atoms with E-state index in [0.717, 1.165) is 73.5 Å². The Hall–Kier alpha value is -3.09. The number of hydrogen-bond donors (Lipinski definition) is 0. The van der Waals surface area contributed by atoms with Crippen LogP contribution in [-0.2, 0) is 19.4 Å². The third-order valence-corrected chi connectivity index (χ3v) is 7.70. The van der Waals surface area contributed by atoms with Crippen molar-refractivity contribution in [2.45, 2.75) is 32.2 Å². The van der Waals surface area contributed by atoms with Crippen LogP contribution in [0.25, 0.3) is 11.0 Å². The molecule has 4 aromatic rings. The minimum Gasteiger partial charge on any atom is -0.497 e. The van der Waals surface area contributed by atoms with Crippen LogP contribution in [0.3, 0.4) is 0 Å². The third-order valence-electron chi connectivity index (χ3n) is 7.41. The van der Waals surface area contributed by atoms with Crippen LogP contribution in [0.4, 0.5) is 4.39 Å². The summed E-state index contributed by atoms with van der Waals surface area (Å²) in [4.78, 5) is 7.55. The maximum atomic E-state index is 13.5. The first-order valence-electron chi connectivity index (χ1n) is 12.8. The second kappa shape index (κ2) is 11.5. The van der Waals surface area contributed by atoms with E-state index in [2.05, 4.69) is 21.6 Å². The van der Waals surface area contributed by atoms with Gasteiger partial charge in [0.1, 0.15) is 23.1 Å². The lowest BCUT2D eigenvalue weighted by Crippen LogP contribution is -2.36. The number of likely N-dealkylation sites (tertiary alicyclic amines) is 1. The minimum atomic E-state index is -0.230. The SMILES string of the molecule is COc1ccc(CCN2CCC(Cc3nc4cc(Cl)c(OC)cc4n3Cc3ccc(F)cc3)CC2)cc1. The Morgan fingerprint density at radius 3 is 2.32 bits per heavy atom. The summed E-state index contributed by atoms with van der Waals surface area (Å²) in [5, 5.41) is 0.554. The van der Waals surface area contributed by atoms with Gasteiger partial charge < -0.3 is 18.9 Å². The number of imidazole rings is 1. The highest BCUT2D eigenvalue weighted by atomic mass is 35.5. The molecule has 3 aromatic carbocycles. The Morgan fingerprint density at radius 1 is 0.946 bits per heavy atom. The number of methoxy groups -OCH3 is 2. The van der Waals surface area contributed by atoms with Crippen LogP contribution in [0, 0.1) is 11.7 Å². The second-order valence-corrected chi connectivity index (χ2v) is 10.2. The summed E-state index contributed by atoms with van der Waals surface area (Å²) < 4.78 is 26.5. The molecule has 0 aliphatic carbocycles. The number of halogens is 2. The average Bonchev–Trinajstić information content (AvgIpc) is 3.24. The van der Waals surface area contributed by atoms with Crippen molar-refractivity contribution in [1.29, 1.82) is 0 Å². The average molecular weight is 522 g/mol. The minimum absolute atomic E-state index is 0.230. The molecular weight excluding hydrogens is 489 g/mol. The standard InChI is InChI=1S/C30H33ClFN3O2/c1-36-25-9-5-21(6-10-25)11-14-34-15-12-22(13-16-34)17-30-33-27-18-26(31)29(37-2)19-28(27)35(30)20-23-3-7-24(32)8-4-23/h3-10,18-19,22H,11-17,20H2,1-2H3. The molecule has 0 unspecified atom stereocenters. The molecule has 1 aromatic heterocycles. The lowest BCUT2D eigenvalue weighted by molar-refractivity contribution is 0.184. The molecule has 37 heavy (non-hydrogen) atoms. The molecule has 1 aliphatic heterocycles. The summed E-state index contributed by atoms with van der Waals surface area (Å²) in [5.41, 5.74) is 4.22. The zero-order chi connectivity index (χ0) is 25.8. The van der Waals surface area contributed by atoms with Gasteiger partial charge in [0, 0.05) is 25.6 Å². The normalized spacial score (nSPS) is 14.8. The van der Waals surface area contributed by atoms with Crippen molar-refractivity contribution in [3.8, 4) is 11.5 Å². The van der Waals surface area contributed by atoms with Gasteiger partial charge in [0.15, 0.2) is 0 Å². The van der Waals surface area contributed by atoms with Crippen molar-refractivity contribution in [3.63, 3.8) is 0 Å². The molecule has 0 N–H and O–H groups in total. The van der Waals surface area contributed by atoms with Gasteiger partial charge >= 0.3 is 0 Å². The van der Waals surface area contributed by atoms with Crippen LogP contribution < -0.4 is 9.47 Å². The van der Waals surface area contributed by atoms with Crippen molar-refractivity contribution in [3.05, 3.63) is 88.5 Å². The highest BCUT2D eigenvalue weighted by Crippen LogP contribution is 2.32. The topological polar surface area (TPSA) is 39.5 Å². The number of rotatable bonds is 9. The van der Waals surface area contributed by atoms with Crippen LogP contribution in [0.2, 0.25) is 5.02 Å². The van der Waals surface area contributed by atoms with E-state index in [9.17, 15) is 4.39 Å². The molecule has 0 amide bonds. The van der Waals surface area contributed by atoms with Crippen LogP contribution in [0.1, 0.15) is 29.8 Å². The second-order valence-electron chi connectivity index (χ2n) is 9.80. The van der Waals surface area contributed by atoms with Gasteiger partial charge in [-0.15, -0.1) is 0 Å². The van der Waals surface area contributed by atoms with Gasteiger partial charge in [0.2, 0.25) is 0 Å². The number of benzene rings is 3. The molecule has 0 spiro atoms. The predicted octanol–water partition coefficient (Wildman–Crippen LogP) is 6.39. The van der Waals surface area contributed by atoms with Gasteiger partial charge in [0.05, 0.1) is 30.3 Å². The zero-order valence-corrected chi connectivity index (χ0v) is 22.2. The maximum absolute atomic E-state index is 13.5. The number of ether oxygens (including phenoxy) is 2. The van der Waals surface area contributed by atoms with Gasteiger partial charge in [-0.05, 0) is 79.7 Å². The van der Waals surface area contributed by atoms with Crippen LogP contribution >= 0.6 is 11.6 Å². The monoisotopic (exact) mass is 521 g/mol. The van der Waals surface area contributed by atoms with E-state index in [1.807, 2.05) is 36.4 Å². The quantitative estimate of drug-likeness (QED) is 0.256. The Morgan fingerprint density at radius 2 is 1.65 bits per heavy atom. The molecule has 0 bridgehead atoms. The number of aromatic nitrogens is 2. The lowest BCUT2D eigenvalue weighted by Gasteiger charge is -2.32. The van der Waals surface area contributed by atoms with E-state index in [4.69, 9.17) is 26.1 Å². The van der Waals surface area contributed by atoms with Crippen LogP contribution in [0.15, 0.2) is 60.7 Å². The van der Waals surface area contributed by atoms with Gasteiger partial charge in [-0.3, -0.25) is 0 Å². The molecule has 194 valence electrons. The third kappa shape index (κ3) is 6.08. The molecule has 2 heterocycles. The highest BCUT2D eigenvalue weighted by molar-refractivity contribution is 6.32. The summed E-state index contributed by atoms with van der Waals surface area (Å²) in [7, 11) is 3.32. The Balaban J connectivity index is 1.27. The first-order chi connectivity index (χ1) is 18.0. The van der Waals surface area contributed by atoms with E-state index < -0.39 is 0 Å². The largest absolute Gasteiger partial charge is 0.497 e. The van der Waals surface area contributed by atoms with Crippen molar-refractivity contribution < 1.29 is 13.9 Å². The molecule has 0 radical (unpaired) electrons. The summed E-state index contributed by atoms with van der Waals surface area (Å²) in [6.45, 7) is 3.88. The van der Waals surface area contributed by atoms with Crippen LogP contribution in [0.5, 0.6) is 11.5 Å². The zero-order valence-electron chi connectivity index (χ0n) is 21.4. The number of fused-ring (bicyclic) bond motifs is 1. The van der Waals surface area contributed by atoms with Gasteiger partial charge in [-0.25, -0.2) is 9.37 Å². The van der Waals surface area contributed by atoms with Crippen molar-refractivity contribution >= 4 is 22.6 Å². The van der Waals surface area contributed by atoms with E-state index in [1.165, 1.54) is 17.7 Å². The summed E-state index contributed by atoms with van der Waals surface area (Å²) in [5.74, 6) is 2.91. The summed E-state index contributed by atoms with van der Waals surface area (Å²) in [6.07, 6.45) is 4.24. The van der Waals surface area contributed by atoms with E-state index in [-0.39, 0.29) is 5.82 Å². The van der Waals surface area contributed by atoms with Gasteiger partial charge in [0.25, 0.3) is 0 Å². The molecule has 0 saturated carbocycles. The molecule has 0 atom stereocenters. The first kappa shape index (κ1) is 25.6. The maximum Gasteiger partial charge on any atom is 0.139 e. The molecule has 1 aliphatic rings. The smallest absolute Gasteiger partial charge is 0.139 e. The fourth-order valence-corrected chi connectivity index (χ4v) is 5.42. The van der Waals surface area contributed by atoms with Crippen molar-refractivity contribution in [1.82, 2.24) is 14.5 Å². The molecule has 5 rings (SSSR count). The Bertz CT molecular complexity index is 1330. The Labute approximate surface area is 222 Å². The van der Waals surface area contributed by atoms with E-state index in [1.54, 1.807) is 14.2 Å². The lowest BCUT2D eigenvalue weighted by atomic mass is 9.93. The first-order valence-corrected chi connectivity index (χ1v) is 13.2. The highest BCUT2D eigenvalue weighted by Gasteiger charge is 2.23. The fraction of sp³-hybridized carbons (Fsp3) is 0.367. The van der Waals surface area contributed by atoms with Gasteiger partial charge in [-0.2, -0.15) is 0 Å². The molecule has 1 saturated heterocycles. The number of hydrogen-bond acceptors (Lipinski definition) is 4. The van der Waals surface area contributed by atoms with Crippen LogP contribution in [-0.4, -0.2) is 48.3 Å². The molecule has 5 nitrogen and oxygen atoms in total. The van der Waals surface area contributed by atoms with E-state index in [0.29, 0.717) is 23.2 Å². The molecular formula is C30H33ClFN3O2. The van der Waals surface area contributed by atoms with Gasteiger partial charge in [-0.1, -0.05) is 35.9 Å². The van der Waals surface area contributed by atoms with Crippen molar-refractivity contribution in [2.75, 3.05) is 33.9 Å². The predicted molar refractivity (Wildman–Crippen MR) is 146 cm³/mol. The molecule has 7 heteroatoms. The Kier molecular flexibility index (Phi) is 7.96. The summed E-state index contributed by atoms with van der Waals surface area (Å²) in [6, 6.07) is 18.9. The molecule has 1 fully saturated rings. The number of piperidine rings is 1.